The molecule has 1 unspecified atom stereocenters. The maximum absolute atomic E-state index is 13.4. The van der Waals surface area contributed by atoms with Gasteiger partial charge in [0.15, 0.2) is 0 Å². The molecular formula is C30H31FN6O. The minimum absolute atomic E-state index is 0.250. The van der Waals surface area contributed by atoms with Gasteiger partial charge < -0.3 is 15.5 Å². The summed E-state index contributed by atoms with van der Waals surface area (Å²) in [7, 11) is 0. The second kappa shape index (κ2) is 11.3. The van der Waals surface area contributed by atoms with Crippen LogP contribution in [0.3, 0.4) is 0 Å². The molecule has 0 saturated carbocycles. The molecule has 1 amide bonds. The molecule has 0 spiro atoms. The standard InChI is InChI=1S/C30H31FN6O/c1-3-29(38)35-26-19-24(10-11-27(26)36-16-4-5-21(2)13-17-36)34-28-20-25(12-14-32-28)37-18-15-33-30(37)22-6-8-23(31)9-7-22/h3,6-12,14-15,18-21H,1,4-5,13,16-17H2,2H3,(H,32,34)(H,35,38). The van der Waals surface area contributed by atoms with Gasteiger partial charge >= 0.3 is 0 Å². The van der Waals surface area contributed by atoms with Crippen LogP contribution in [0, 0.1) is 11.7 Å². The van der Waals surface area contributed by atoms with Gasteiger partial charge in [-0.15, -0.1) is 0 Å². The van der Waals surface area contributed by atoms with Crippen LogP contribution in [0.5, 0.6) is 0 Å². The van der Waals surface area contributed by atoms with Crippen LogP contribution in [-0.2, 0) is 4.79 Å². The van der Waals surface area contributed by atoms with Crippen molar-refractivity contribution >= 4 is 28.8 Å². The molecule has 2 aromatic heterocycles. The summed E-state index contributed by atoms with van der Waals surface area (Å²) in [5, 5.41) is 6.34. The topological polar surface area (TPSA) is 75.1 Å². The van der Waals surface area contributed by atoms with E-state index < -0.39 is 0 Å². The first-order chi connectivity index (χ1) is 18.5. The molecule has 7 nitrogen and oxygen atoms in total. The Labute approximate surface area is 222 Å². The van der Waals surface area contributed by atoms with Crippen molar-refractivity contribution in [2.75, 3.05) is 28.6 Å². The Balaban J connectivity index is 1.42. The van der Waals surface area contributed by atoms with Gasteiger partial charge in [0.25, 0.3) is 0 Å². The Kier molecular flexibility index (Phi) is 7.49. The number of pyridine rings is 1. The van der Waals surface area contributed by atoms with E-state index >= 15 is 0 Å². The number of hydrogen-bond acceptors (Lipinski definition) is 5. The smallest absolute Gasteiger partial charge is 0.247 e. The van der Waals surface area contributed by atoms with E-state index in [9.17, 15) is 9.18 Å². The fourth-order valence-electron chi connectivity index (χ4n) is 4.79. The number of hydrogen-bond donors (Lipinski definition) is 2. The number of halogens is 1. The number of aromatic nitrogens is 3. The number of carbonyl (C=O) groups excluding carboxylic acids is 1. The van der Waals surface area contributed by atoms with Crippen molar-refractivity contribution in [1.82, 2.24) is 14.5 Å². The molecule has 8 heteroatoms. The summed E-state index contributed by atoms with van der Waals surface area (Å²) in [4.78, 5) is 23.5. The van der Waals surface area contributed by atoms with Gasteiger partial charge in [0.05, 0.1) is 17.1 Å². The molecular weight excluding hydrogens is 479 g/mol. The van der Waals surface area contributed by atoms with Crippen LogP contribution in [0.25, 0.3) is 17.1 Å². The zero-order valence-electron chi connectivity index (χ0n) is 21.4. The van der Waals surface area contributed by atoms with E-state index in [1.807, 2.05) is 41.1 Å². The first-order valence-electron chi connectivity index (χ1n) is 12.9. The maximum Gasteiger partial charge on any atom is 0.247 e. The molecule has 5 rings (SSSR count). The highest BCUT2D eigenvalue weighted by molar-refractivity contribution is 6.01. The van der Waals surface area contributed by atoms with Crippen molar-refractivity contribution in [3.63, 3.8) is 0 Å². The largest absolute Gasteiger partial charge is 0.370 e. The van der Waals surface area contributed by atoms with Crippen LogP contribution < -0.4 is 15.5 Å². The number of rotatable bonds is 7. The Hall–Kier alpha value is -4.46. The van der Waals surface area contributed by atoms with Crippen molar-refractivity contribution in [2.45, 2.75) is 26.2 Å². The summed E-state index contributed by atoms with van der Waals surface area (Å²) in [6.45, 7) is 7.81. The third-order valence-electron chi connectivity index (χ3n) is 6.83. The molecule has 1 saturated heterocycles. The Morgan fingerprint density at radius 2 is 1.89 bits per heavy atom. The zero-order chi connectivity index (χ0) is 26.5. The van der Waals surface area contributed by atoms with Gasteiger partial charge in [-0.2, -0.15) is 0 Å². The normalized spacial score (nSPS) is 15.5. The average molecular weight is 511 g/mol. The van der Waals surface area contributed by atoms with E-state index in [-0.39, 0.29) is 11.7 Å². The van der Waals surface area contributed by atoms with Crippen LogP contribution >= 0.6 is 0 Å². The number of nitrogens with zero attached hydrogens (tertiary/aromatic N) is 4. The summed E-state index contributed by atoms with van der Waals surface area (Å²) in [6, 6.07) is 16.0. The van der Waals surface area contributed by atoms with E-state index in [2.05, 4.69) is 39.0 Å². The monoisotopic (exact) mass is 510 g/mol. The van der Waals surface area contributed by atoms with E-state index in [1.54, 1.807) is 24.5 Å². The van der Waals surface area contributed by atoms with Crippen molar-refractivity contribution < 1.29 is 9.18 Å². The van der Waals surface area contributed by atoms with E-state index in [1.165, 1.54) is 24.6 Å². The van der Waals surface area contributed by atoms with Crippen molar-refractivity contribution in [2.24, 2.45) is 5.92 Å². The molecule has 194 valence electrons. The highest BCUT2D eigenvalue weighted by Gasteiger charge is 2.18. The predicted molar refractivity (Wildman–Crippen MR) is 151 cm³/mol. The minimum atomic E-state index is -0.290. The van der Waals surface area contributed by atoms with Gasteiger partial charge in [-0.05, 0) is 79.8 Å². The summed E-state index contributed by atoms with van der Waals surface area (Å²) < 4.78 is 15.3. The van der Waals surface area contributed by atoms with Crippen molar-refractivity contribution in [3.8, 4) is 17.1 Å². The highest BCUT2D eigenvalue weighted by Crippen LogP contribution is 2.33. The molecule has 2 N–H and O–H groups in total. The molecule has 2 aromatic carbocycles. The Bertz CT molecular complexity index is 1430. The number of anilines is 4. The number of imidazole rings is 1. The first kappa shape index (κ1) is 25.2. The van der Waals surface area contributed by atoms with Gasteiger partial charge in [0.1, 0.15) is 17.5 Å². The molecule has 4 aromatic rings. The quantitative estimate of drug-likeness (QED) is 0.275. The summed E-state index contributed by atoms with van der Waals surface area (Å²) >= 11 is 0. The summed E-state index contributed by atoms with van der Waals surface area (Å²) in [5.74, 6) is 1.50. The average Bonchev–Trinajstić information content (AvgIpc) is 3.32. The van der Waals surface area contributed by atoms with Gasteiger partial charge in [0, 0.05) is 49.0 Å². The molecule has 38 heavy (non-hydrogen) atoms. The van der Waals surface area contributed by atoms with Crippen LogP contribution in [0.2, 0.25) is 0 Å². The number of benzene rings is 2. The lowest BCUT2D eigenvalue weighted by Crippen LogP contribution is -2.25. The predicted octanol–water partition coefficient (Wildman–Crippen LogP) is 6.57. The lowest BCUT2D eigenvalue weighted by molar-refractivity contribution is -0.111. The van der Waals surface area contributed by atoms with E-state index in [0.717, 1.165) is 54.2 Å². The van der Waals surface area contributed by atoms with E-state index in [0.29, 0.717) is 17.6 Å². The molecule has 1 fully saturated rings. The number of nitrogens with one attached hydrogen (secondary N) is 2. The first-order valence-corrected chi connectivity index (χ1v) is 12.9. The summed E-state index contributed by atoms with van der Waals surface area (Å²) in [6.07, 6.45) is 10.0. The molecule has 0 aliphatic carbocycles. The van der Waals surface area contributed by atoms with Crippen LogP contribution in [0.1, 0.15) is 26.2 Å². The molecule has 0 radical (unpaired) electrons. The number of amides is 1. The molecule has 1 aliphatic heterocycles. The van der Waals surface area contributed by atoms with E-state index in [4.69, 9.17) is 0 Å². The van der Waals surface area contributed by atoms with Gasteiger partial charge in [0.2, 0.25) is 5.91 Å². The minimum Gasteiger partial charge on any atom is -0.370 e. The van der Waals surface area contributed by atoms with Crippen LogP contribution in [-0.4, -0.2) is 33.5 Å². The highest BCUT2D eigenvalue weighted by atomic mass is 19.1. The van der Waals surface area contributed by atoms with Gasteiger partial charge in [-0.1, -0.05) is 13.5 Å². The number of carbonyl (C=O) groups is 1. The summed E-state index contributed by atoms with van der Waals surface area (Å²) in [5.41, 5.74) is 4.20. The van der Waals surface area contributed by atoms with Gasteiger partial charge in [-0.25, -0.2) is 14.4 Å². The zero-order valence-corrected chi connectivity index (χ0v) is 21.4. The fourth-order valence-corrected chi connectivity index (χ4v) is 4.79. The third-order valence-corrected chi connectivity index (χ3v) is 6.83. The molecule has 1 atom stereocenters. The van der Waals surface area contributed by atoms with Gasteiger partial charge in [-0.3, -0.25) is 9.36 Å². The molecule has 0 bridgehead atoms. The molecule has 1 aliphatic rings. The maximum atomic E-state index is 13.4. The SMILES string of the molecule is C=CC(=O)Nc1cc(Nc2cc(-n3ccnc3-c3ccc(F)cc3)ccn2)ccc1N1CCCC(C)CC1. The fraction of sp³-hybridized carbons (Fsp3) is 0.233. The van der Waals surface area contributed by atoms with Crippen molar-refractivity contribution in [1.29, 1.82) is 0 Å². The second-order valence-corrected chi connectivity index (χ2v) is 9.60. The van der Waals surface area contributed by atoms with Crippen LogP contribution in [0.4, 0.5) is 27.3 Å². The second-order valence-electron chi connectivity index (χ2n) is 9.60. The lowest BCUT2D eigenvalue weighted by Gasteiger charge is -2.26. The van der Waals surface area contributed by atoms with Crippen LogP contribution in [0.15, 0.2) is 85.8 Å². The Morgan fingerprint density at radius 3 is 2.71 bits per heavy atom. The lowest BCUT2D eigenvalue weighted by atomic mass is 10.0. The Morgan fingerprint density at radius 1 is 1.05 bits per heavy atom. The molecule has 3 heterocycles. The van der Waals surface area contributed by atoms with Crippen molar-refractivity contribution in [3.05, 3.63) is 91.7 Å². The third kappa shape index (κ3) is 5.75.